The molecule has 1 fully saturated rings. The maximum absolute atomic E-state index is 3.63. The number of hydrogen-bond acceptors (Lipinski definition) is 1. The first-order chi connectivity index (χ1) is 6.77. The van der Waals surface area contributed by atoms with E-state index in [1.165, 1.54) is 18.4 Å². The lowest BCUT2D eigenvalue weighted by atomic mass is 9.75. The van der Waals surface area contributed by atoms with Crippen LogP contribution in [-0.2, 0) is 0 Å². The van der Waals surface area contributed by atoms with Crippen molar-refractivity contribution in [3.63, 3.8) is 0 Å². The van der Waals surface area contributed by atoms with Gasteiger partial charge in [-0.2, -0.15) is 0 Å². The van der Waals surface area contributed by atoms with Gasteiger partial charge in [-0.3, -0.25) is 0 Å². The summed E-state index contributed by atoms with van der Waals surface area (Å²) < 4.78 is 0. The fraction of sp³-hybridized carbons (Fsp3) is 0.538. The highest BCUT2D eigenvalue weighted by molar-refractivity contribution is 5.24. The van der Waals surface area contributed by atoms with Crippen molar-refractivity contribution >= 4 is 0 Å². The summed E-state index contributed by atoms with van der Waals surface area (Å²) in [6.07, 6.45) is 2.67. The zero-order chi connectivity index (χ0) is 9.97. The Bertz CT molecular complexity index is 279. The van der Waals surface area contributed by atoms with Gasteiger partial charge in [0.25, 0.3) is 0 Å². The summed E-state index contributed by atoms with van der Waals surface area (Å²) in [7, 11) is 0. The van der Waals surface area contributed by atoms with E-state index in [2.05, 4.69) is 49.5 Å². The normalized spacial score (nSPS) is 26.2. The van der Waals surface area contributed by atoms with Crippen molar-refractivity contribution < 1.29 is 0 Å². The number of benzene rings is 1. The quantitative estimate of drug-likeness (QED) is 0.771. The second kappa shape index (κ2) is 4.14. The van der Waals surface area contributed by atoms with E-state index in [9.17, 15) is 0 Å². The van der Waals surface area contributed by atoms with Gasteiger partial charge >= 0.3 is 0 Å². The molecule has 0 unspecified atom stereocenters. The second-order valence-electron chi connectivity index (χ2n) is 4.52. The van der Waals surface area contributed by atoms with Crippen molar-refractivity contribution in [2.75, 3.05) is 0 Å². The third kappa shape index (κ3) is 1.98. The Kier molecular flexibility index (Phi) is 2.87. The molecule has 0 amide bonds. The maximum Gasteiger partial charge on any atom is 0.0138 e. The van der Waals surface area contributed by atoms with Crippen molar-refractivity contribution in [1.29, 1.82) is 0 Å². The fourth-order valence-electron chi connectivity index (χ4n) is 2.23. The smallest absolute Gasteiger partial charge is 0.0138 e. The summed E-state index contributed by atoms with van der Waals surface area (Å²) in [5, 5.41) is 3.63. The Morgan fingerprint density at radius 3 is 2.36 bits per heavy atom. The van der Waals surface area contributed by atoms with Crippen LogP contribution in [-0.4, -0.2) is 12.1 Å². The molecule has 0 aliphatic heterocycles. The molecule has 2 atom stereocenters. The molecule has 0 aromatic heterocycles. The summed E-state index contributed by atoms with van der Waals surface area (Å²) in [6, 6.07) is 12.2. The first-order valence-corrected chi connectivity index (χ1v) is 5.58. The van der Waals surface area contributed by atoms with Crippen LogP contribution < -0.4 is 5.32 Å². The van der Waals surface area contributed by atoms with Gasteiger partial charge in [0.15, 0.2) is 0 Å². The van der Waals surface area contributed by atoms with Crippen LogP contribution in [0.1, 0.15) is 38.2 Å². The van der Waals surface area contributed by atoms with E-state index in [0.29, 0.717) is 12.1 Å². The minimum absolute atomic E-state index is 0.603. The minimum Gasteiger partial charge on any atom is -0.311 e. The Morgan fingerprint density at radius 2 is 1.86 bits per heavy atom. The molecule has 1 saturated carbocycles. The summed E-state index contributed by atoms with van der Waals surface area (Å²) in [5.41, 5.74) is 1.50. The molecule has 1 aromatic rings. The van der Waals surface area contributed by atoms with Crippen molar-refractivity contribution in [3.8, 4) is 0 Å². The number of hydrogen-bond donors (Lipinski definition) is 1. The highest BCUT2D eigenvalue weighted by atomic mass is 15.0. The van der Waals surface area contributed by atoms with Crippen LogP contribution in [0, 0.1) is 0 Å². The van der Waals surface area contributed by atoms with Crippen molar-refractivity contribution in [2.24, 2.45) is 0 Å². The van der Waals surface area contributed by atoms with Crippen LogP contribution in [0.4, 0.5) is 0 Å². The molecule has 0 spiro atoms. The molecule has 1 aliphatic carbocycles. The molecular weight excluding hydrogens is 170 g/mol. The van der Waals surface area contributed by atoms with E-state index < -0.39 is 0 Å². The molecule has 1 aliphatic rings. The van der Waals surface area contributed by atoms with Crippen LogP contribution in [0.2, 0.25) is 0 Å². The average molecular weight is 189 g/mol. The Balaban J connectivity index is 2.00. The molecule has 76 valence electrons. The molecule has 1 aromatic carbocycles. The first-order valence-electron chi connectivity index (χ1n) is 5.58. The molecule has 0 bridgehead atoms. The molecule has 1 heteroatoms. The summed E-state index contributed by atoms with van der Waals surface area (Å²) >= 11 is 0. The second-order valence-corrected chi connectivity index (χ2v) is 4.52. The van der Waals surface area contributed by atoms with Crippen molar-refractivity contribution in [2.45, 2.75) is 44.7 Å². The van der Waals surface area contributed by atoms with E-state index >= 15 is 0 Å². The highest BCUT2D eigenvalue weighted by Crippen LogP contribution is 2.36. The van der Waals surface area contributed by atoms with E-state index in [4.69, 9.17) is 0 Å². The van der Waals surface area contributed by atoms with Gasteiger partial charge in [-0.05, 0) is 24.3 Å². The van der Waals surface area contributed by atoms with Crippen LogP contribution >= 0.6 is 0 Å². The van der Waals surface area contributed by atoms with Crippen LogP contribution in [0.5, 0.6) is 0 Å². The summed E-state index contributed by atoms with van der Waals surface area (Å²) in [4.78, 5) is 0. The van der Waals surface area contributed by atoms with Gasteiger partial charge < -0.3 is 5.32 Å². The van der Waals surface area contributed by atoms with Crippen molar-refractivity contribution in [1.82, 2.24) is 5.32 Å². The van der Waals surface area contributed by atoms with Gasteiger partial charge in [0.05, 0.1) is 0 Å². The first kappa shape index (κ1) is 9.72. The lowest BCUT2D eigenvalue weighted by molar-refractivity contribution is 0.268. The topological polar surface area (TPSA) is 12.0 Å². The maximum atomic E-state index is 3.63. The van der Waals surface area contributed by atoms with Gasteiger partial charge in [-0.1, -0.05) is 44.2 Å². The van der Waals surface area contributed by atoms with Gasteiger partial charge in [-0.25, -0.2) is 0 Å². The van der Waals surface area contributed by atoms with Crippen LogP contribution in [0.25, 0.3) is 0 Å². The minimum atomic E-state index is 0.603. The molecule has 1 N–H and O–H groups in total. The van der Waals surface area contributed by atoms with Gasteiger partial charge in [0.2, 0.25) is 0 Å². The predicted molar refractivity (Wildman–Crippen MR) is 60.5 cm³/mol. The van der Waals surface area contributed by atoms with Crippen LogP contribution in [0.15, 0.2) is 30.3 Å². The van der Waals surface area contributed by atoms with Crippen molar-refractivity contribution in [3.05, 3.63) is 35.9 Å². The van der Waals surface area contributed by atoms with E-state index in [1.807, 2.05) is 0 Å². The molecule has 0 radical (unpaired) electrons. The largest absolute Gasteiger partial charge is 0.311 e. The lowest BCUT2D eigenvalue weighted by Crippen LogP contribution is -2.45. The van der Waals surface area contributed by atoms with Gasteiger partial charge in [-0.15, -0.1) is 0 Å². The fourth-order valence-corrected chi connectivity index (χ4v) is 2.23. The molecule has 2 rings (SSSR count). The molecular formula is C13H19N. The molecule has 1 nitrogen and oxygen atoms in total. The predicted octanol–water partition coefficient (Wildman–Crippen LogP) is 2.93. The lowest BCUT2D eigenvalue weighted by Gasteiger charge is -2.39. The standard InChI is InChI=1S/C13H19N/c1-10(2)14-13-9-8-12(13)11-6-4-3-5-7-11/h3-7,10,12-14H,8-9H2,1-2H3/t12-,13-/m0/s1. The monoisotopic (exact) mass is 189 g/mol. The zero-order valence-electron chi connectivity index (χ0n) is 9.03. The Morgan fingerprint density at radius 1 is 1.14 bits per heavy atom. The molecule has 14 heavy (non-hydrogen) atoms. The van der Waals surface area contributed by atoms with E-state index in [0.717, 1.165) is 5.92 Å². The summed E-state index contributed by atoms with van der Waals surface area (Å²) in [6.45, 7) is 4.45. The Labute approximate surface area is 86.5 Å². The zero-order valence-corrected chi connectivity index (χ0v) is 9.03. The SMILES string of the molecule is CC(C)N[C@H]1CC[C@H]1c1ccccc1. The third-order valence-electron chi connectivity index (χ3n) is 3.05. The number of rotatable bonds is 3. The van der Waals surface area contributed by atoms with E-state index in [-0.39, 0.29) is 0 Å². The third-order valence-corrected chi connectivity index (χ3v) is 3.05. The van der Waals surface area contributed by atoms with Gasteiger partial charge in [0.1, 0.15) is 0 Å². The van der Waals surface area contributed by atoms with Crippen LogP contribution in [0.3, 0.4) is 0 Å². The highest BCUT2D eigenvalue weighted by Gasteiger charge is 2.31. The van der Waals surface area contributed by atoms with E-state index in [1.54, 1.807) is 0 Å². The molecule has 0 saturated heterocycles. The van der Waals surface area contributed by atoms with Gasteiger partial charge in [0, 0.05) is 12.1 Å². The average Bonchev–Trinajstić information content (AvgIpc) is 2.14. The summed E-state index contributed by atoms with van der Waals surface area (Å²) in [5.74, 6) is 0.749. The number of nitrogens with one attached hydrogen (secondary N) is 1. The Hall–Kier alpha value is -0.820. The molecule has 0 heterocycles.